The van der Waals surface area contributed by atoms with Crippen molar-refractivity contribution in [3.8, 4) is 0 Å². The second kappa shape index (κ2) is 6.09. The van der Waals surface area contributed by atoms with E-state index in [0.717, 1.165) is 10.5 Å². The average molecular weight is 343 g/mol. The smallest absolute Gasteiger partial charge is 0.262 e. The third kappa shape index (κ3) is 2.57. The maximum absolute atomic E-state index is 12.5. The van der Waals surface area contributed by atoms with Gasteiger partial charge in [-0.3, -0.25) is 19.3 Å². The predicted molar refractivity (Wildman–Crippen MR) is 91.2 cm³/mol. The van der Waals surface area contributed by atoms with E-state index in [1.807, 2.05) is 0 Å². The number of carbonyl (C=O) groups excluding carboxylic acids is 3. The van der Waals surface area contributed by atoms with Gasteiger partial charge in [-0.15, -0.1) is 0 Å². The summed E-state index contributed by atoms with van der Waals surface area (Å²) in [7, 11) is 0. The summed E-state index contributed by atoms with van der Waals surface area (Å²) < 4.78 is 0. The van der Waals surface area contributed by atoms with Crippen LogP contribution in [-0.2, 0) is 4.79 Å². The first-order valence-electron chi connectivity index (χ1n) is 7.44. The molecule has 5 nitrogen and oxygen atoms in total. The van der Waals surface area contributed by atoms with Gasteiger partial charge in [0.05, 0.1) is 11.1 Å². The topological polar surface area (TPSA) is 66.5 Å². The third-order valence-electron chi connectivity index (χ3n) is 4.12. The molecule has 0 aliphatic carbocycles. The van der Waals surface area contributed by atoms with Crippen LogP contribution in [0.15, 0.2) is 42.5 Å². The molecule has 0 fully saturated rings. The van der Waals surface area contributed by atoms with Crippen molar-refractivity contribution in [1.29, 1.82) is 0 Å². The molecule has 0 saturated heterocycles. The zero-order chi connectivity index (χ0) is 17.4. The van der Waals surface area contributed by atoms with E-state index in [-0.39, 0.29) is 0 Å². The first-order valence-corrected chi connectivity index (χ1v) is 7.82. The molecule has 0 bridgehead atoms. The van der Waals surface area contributed by atoms with Gasteiger partial charge in [0.1, 0.15) is 6.04 Å². The molecule has 6 heteroatoms. The van der Waals surface area contributed by atoms with E-state index in [0.29, 0.717) is 21.8 Å². The highest BCUT2D eigenvalue weighted by atomic mass is 35.5. The third-order valence-corrected chi connectivity index (χ3v) is 4.53. The van der Waals surface area contributed by atoms with Gasteiger partial charge in [-0.1, -0.05) is 29.8 Å². The molecule has 0 saturated carbocycles. The van der Waals surface area contributed by atoms with Crippen molar-refractivity contribution in [3.63, 3.8) is 0 Å². The predicted octanol–water partition coefficient (Wildman–Crippen LogP) is 3.27. The highest BCUT2D eigenvalue weighted by molar-refractivity contribution is 6.31. The van der Waals surface area contributed by atoms with Crippen LogP contribution >= 0.6 is 11.6 Å². The summed E-state index contributed by atoms with van der Waals surface area (Å²) in [6.45, 7) is 3.31. The Kier molecular flexibility index (Phi) is 4.11. The van der Waals surface area contributed by atoms with E-state index >= 15 is 0 Å². The Morgan fingerprint density at radius 1 is 1.04 bits per heavy atom. The quantitative estimate of drug-likeness (QED) is 0.870. The summed E-state index contributed by atoms with van der Waals surface area (Å²) in [4.78, 5) is 38.4. The lowest BCUT2D eigenvalue weighted by molar-refractivity contribution is -0.119. The maximum Gasteiger partial charge on any atom is 0.262 e. The molecule has 3 amide bonds. The molecule has 0 unspecified atom stereocenters. The van der Waals surface area contributed by atoms with Crippen molar-refractivity contribution in [2.75, 3.05) is 5.32 Å². The molecule has 122 valence electrons. The molecule has 1 heterocycles. The number of benzene rings is 2. The number of anilines is 1. The van der Waals surface area contributed by atoms with Crippen LogP contribution in [0, 0.1) is 6.92 Å². The van der Waals surface area contributed by atoms with Crippen LogP contribution in [0.25, 0.3) is 0 Å². The number of imide groups is 1. The van der Waals surface area contributed by atoms with Gasteiger partial charge in [0.15, 0.2) is 0 Å². The number of rotatable bonds is 3. The number of halogens is 1. The zero-order valence-corrected chi connectivity index (χ0v) is 13.9. The van der Waals surface area contributed by atoms with Crippen LogP contribution in [0.4, 0.5) is 5.69 Å². The van der Waals surface area contributed by atoms with Crippen molar-refractivity contribution in [2.24, 2.45) is 0 Å². The van der Waals surface area contributed by atoms with Gasteiger partial charge in [0, 0.05) is 10.7 Å². The summed E-state index contributed by atoms with van der Waals surface area (Å²) in [5.74, 6) is -1.36. The van der Waals surface area contributed by atoms with E-state index < -0.39 is 23.8 Å². The fourth-order valence-corrected chi connectivity index (χ4v) is 2.83. The van der Waals surface area contributed by atoms with Crippen molar-refractivity contribution in [1.82, 2.24) is 4.90 Å². The van der Waals surface area contributed by atoms with Gasteiger partial charge in [-0.2, -0.15) is 0 Å². The molecule has 2 aromatic rings. The molecule has 2 aromatic carbocycles. The fourth-order valence-electron chi connectivity index (χ4n) is 2.66. The maximum atomic E-state index is 12.5. The highest BCUT2D eigenvalue weighted by Gasteiger charge is 2.40. The number of hydrogen-bond donors (Lipinski definition) is 1. The molecular formula is C18H15ClN2O3. The SMILES string of the molecule is Cc1c(Cl)cccc1NC(=O)[C@@H](C)N1C(=O)c2ccccc2C1=O. The summed E-state index contributed by atoms with van der Waals surface area (Å²) in [5.41, 5.74) is 1.92. The summed E-state index contributed by atoms with van der Waals surface area (Å²) >= 11 is 6.04. The van der Waals surface area contributed by atoms with Crippen LogP contribution in [-0.4, -0.2) is 28.7 Å². The monoisotopic (exact) mass is 342 g/mol. The van der Waals surface area contributed by atoms with Crippen molar-refractivity contribution < 1.29 is 14.4 Å². The first kappa shape index (κ1) is 16.2. The molecule has 0 radical (unpaired) electrons. The van der Waals surface area contributed by atoms with Gasteiger partial charge >= 0.3 is 0 Å². The summed E-state index contributed by atoms with van der Waals surface area (Å²) in [6, 6.07) is 10.8. The molecule has 1 atom stereocenters. The first-order chi connectivity index (χ1) is 11.4. The number of carbonyl (C=O) groups is 3. The molecule has 24 heavy (non-hydrogen) atoms. The lowest BCUT2D eigenvalue weighted by atomic mass is 10.1. The van der Waals surface area contributed by atoms with E-state index in [9.17, 15) is 14.4 Å². The Morgan fingerprint density at radius 2 is 1.62 bits per heavy atom. The van der Waals surface area contributed by atoms with Crippen LogP contribution in [0.5, 0.6) is 0 Å². The fraction of sp³-hybridized carbons (Fsp3) is 0.167. The van der Waals surface area contributed by atoms with E-state index in [1.165, 1.54) is 6.92 Å². The number of fused-ring (bicyclic) bond motifs is 1. The summed E-state index contributed by atoms with van der Waals surface area (Å²) in [6.07, 6.45) is 0. The van der Waals surface area contributed by atoms with Crippen molar-refractivity contribution in [3.05, 3.63) is 64.2 Å². The van der Waals surface area contributed by atoms with Gasteiger partial charge in [-0.25, -0.2) is 0 Å². The number of nitrogens with one attached hydrogen (secondary N) is 1. The van der Waals surface area contributed by atoms with Crippen LogP contribution in [0.2, 0.25) is 5.02 Å². The van der Waals surface area contributed by atoms with Gasteiger partial charge in [0.25, 0.3) is 11.8 Å². The van der Waals surface area contributed by atoms with Gasteiger partial charge in [0.2, 0.25) is 5.91 Å². The van der Waals surface area contributed by atoms with Crippen LogP contribution in [0.1, 0.15) is 33.2 Å². The Hall–Kier alpha value is -2.66. The largest absolute Gasteiger partial charge is 0.324 e. The Morgan fingerprint density at radius 3 is 2.21 bits per heavy atom. The second-order valence-corrected chi connectivity index (χ2v) is 6.01. The Balaban J connectivity index is 1.83. The number of nitrogens with zero attached hydrogens (tertiary/aromatic N) is 1. The molecule has 1 aliphatic rings. The van der Waals surface area contributed by atoms with Crippen molar-refractivity contribution in [2.45, 2.75) is 19.9 Å². The van der Waals surface area contributed by atoms with E-state index in [2.05, 4.69) is 5.32 Å². The van der Waals surface area contributed by atoms with Crippen LogP contribution < -0.4 is 5.32 Å². The van der Waals surface area contributed by atoms with Crippen LogP contribution in [0.3, 0.4) is 0 Å². The van der Waals surface area contributed by atoms with E-state index in [4.69, 9.17) is 11.6 Å². The molecule has 0 spiro atoms. The normalized spacial score (nSPS) is 14.5. The molecule has 1 aliphatic heterocycles. The molecular weight excluding hydrogens is 328 g/mol. The number of amides is 3. The van der Waals surface area contributed by atoms with E-state index in [1.54, 1.807) is 49.4 Å². The summed E-state index contributed by atoms with van der Waals surface area (Å²) in [5, 5.41) is 3.25. The zero-order valence-electron chi connectivity index (χ0n) is 13.2. The average Bonchev–Trinajstić information content (AvgIpc) is 2.83. The lowest BCUT2D eigenvalue weighted by Crippen LogP contribution is -2.45. The number of hydrogen-bond acceptors (Lipinski definition) is 3. The highest BCUT2D eigenvalue weighted by Crippen LogP contribution is 2.26. The standard InChI is InChI=1S/C18H15ClN2O3/c1-10-14(19)8-5-9-15(10)20-16(22)11(2)21-17(23)12-6-3-4-7-13(12)18(21)24/h3-9,11H,1-2H3,(H,20,22)/t11-/m1/s1. The minimum Gasteiger partial charge on any atom is -0.324 e. The Bertz CT molecular complexity index is 828. The van der Waals surface area contributed by atoms with Gasteiger partial charge in [-0.05, 0) is 43.7 Å². The molecule has 1 N–H and O–H groups in total. The van der Waals surface area contributed by atoms with Gasteiger partial charge < -0.3 is 5.32 Å². The molecule has 0 aromatic heterocycles. The Labute approximate surface area is 144 Å². The lowest BCUT2D eigenvalue weighted by Gasteiger charge is -2.22. The minimum atomic E-state index is -0.934. The van der Waals surface area contributed by atoms with Crippen molar-refractivity contribution >= 4 is 35.0 Å². The minimum absolute atomic E-state index is 0.320. The molecule has 3 rings (SSSR count). The second-order valence-electron chi connectivity index (χ2n) is 5.60.